The van der Waals surface area contributed by atoms with Crippen molar-refractivity contribution in [1.29, 1.82) is 0 Å². The van der Waals surface area contributed by atoms with Crippen LogP contribution in [-0.2, 0) is 0 Å². The molecule has 1 aromatic heterocycles. The van der Waals surface area contributed by atoms with Crippen LogP contribution in [0.25, 0.3) is 11.0 Å². The third kappa shape index (κ3) is 2.87. The minimum Gasteiger partial charge on any atom is -0.450 e. The van der Waals surface area contributed by atoms with E-state index in [9.17, 15) is 14.0 Å². The van der Waals surface area contributed by atoms with E-state index in [4.69, 9.17) is 4.42 Å². The van der Waals surface area contributed by atoms with E-state index in [-0.39, 0.29) is 22.3 Å². The van der Waals surface area contributed by atoms with E-state index in [0.29, 0.717) is 5.69 Å². The molecular formula is C24H15BrFNO3. The molecule has 1 atom stereocenters. The Bertz CT molecular complexity index is 1380. The molecule has 6 heteroatoms. The van der Waals surface area contributed by atoms with E-state index in [1.54, 1.807) is 4.90 Å². The Kier molecular flexibility index (Phi) is 4.33. The summed E-state index contributed by atoms with van der Waals surface area (Å²) < 4.78 is 20.5. The first-order chi connectivity index (χ1) is 14.4. The van der Waals surface area contributed by atoms with Crippen LogP contribution in [0.3, 0.4) is 0 Å². The molecule has 1 amide bonds. The van der Waals surface area contributed by atoms with Gasteiger partial charge in [0.2, 0.25) is 5.76 Å². The van der Waals surface area contributed by atoms with Crippen molar-refractivity contribution in [2.24, 2.45) is 0 Å². The molecule has 1 unspecified atom stereocenters. The zero-order valence-corrected chi connectivity index (χ0v) is 17.4. The second kappa shape index (κ2) is 6.92. The first kappa shape index (κ1) is 18.8. The van der Waals surface area contributed by atoms with E-state index >= 15 is 0 Å². The molecule has 4 aromatic rings. The highest BCUT2D eigenvalue weighted by Crippen LogP contribution is 2.41. The Hall–Kier alpha value is -3.25. The lowest BCUT2D eigenvalue weighted by Crippen LogP contribution is -2.29. The van der Waals surface area contributed by atoms with Crippen molar-refractivity contribution in [2.45, 2.75) is 13.0 Å². The van der Waals surface area contributed by atoms with Gasteiger partial charge in [0.15, 0.2) is 5.43 Å². The molecule has 0 radical (unpaired) electrons. The van der Waals surface area contributed by atoms with Crippen LogP contribution in [0.15, 0.2) is 80.4 Å². The second-order valence-electron chi connectivity index (χ2n) is 7.28. The Balaban J connectivity index is 1.83. The number of anilines is 1. The number of benzene rings is 3. The maximum Gasteiger partial charge on any atom is 0.295 e. The van der Waals surface area contributed by atoms with Gasteiger partial charge in [0.1, 0.15) is 11.4 Å². The van der Waals surface area contributed by atoms with Crippen molar-refractivity contribution in [3.05, 3.63) is 110 Å². The van der Waals surface area contributed by atoms with Gasteiger partial charge in [-0.3, -0.25) is 14.5 Å². The smallest absolute Gasteiger partial charge is 0.295 e. The van der Waals surface area contributed by atoms with Gasteiger partial charge in [0.05, 0.1) is 17.0 Å². The topological polar surface area (TPSA) is 50.5 Å². The number of carbonyl (C=O) groups excluding carboxylic acids is 1. The molecule has 0 aliphatic carbocycles. The van der Waals surface area contributed by atoms with Crippen LogP contribution in [0, 0.1) is 12.7 Å². The van der Waals surface area contributed by atoms with Crippen molar-refractivity contribution in [3.63, 3.8) is 0 Å². The van der Waals surface area contributed by atoms with Gasteiger partial charge in [-0.15, -0.1) is 0 Å². The lowest BCUT2D eigenvalue weighted by atomic mass is 9.98. The van der Waals surface area contributed by atoms with Gasteiger partial charge in [0.25, 0.3) is 5.91 Å². The number of amides is 1. The number of carbonyl (C=O) groups is 1. The maximum absolute atomic E-state index is 13.8. The quantitative estimate of drug-likeness (QED) is 0.380. The van der Waals surface area contributed by atoms with Crippen LogP contribution in [-0.4, -0.2) is 5.91 Å². The Labute approximate surface area is 179 Å². The van der Waals surface area contributed by atoms with Gasteiger partial charge >= 0.3 is 0 Å². The Morgan fingerprint density at radius 1 is 1.00 bits per heavy atom. The van der Waals surface area contributed by atoms with Crippen molar-refractivity contribution >= 4 is 38.5 Å². The van der Waals surface area contributed by atoms with E-state index in [2.05, 4.69) is 15.9 Å². The van der Waals surface area contributed by atoms with Crippen molar-refractivity contribution in [1.82, 2.24) is 0 Å². The normalized spacial score (nSPS) is 15.6. The van der Waals surface area contributed by atoms with Crippen LogP contribution in [0.5, 0.6) is 0 Å². The largest absolute Gasteiger partial charge is 0.450 e. The number of fused-ring (bicyclic) bond motifs is 2. The van der Waals surface area contributed by atoms with Crippen LogP contribution >= 0.6 is 15.9 Å². The number of aryl methyl sites for hydroxylation is 1. The summed E-state index contributed by atoms with van der Waals surface area (Å²) >= 11 is 3.46. The predicted molar refractivity (Wildman–Crippen MR) is 116 cm³/mol. The lowest BCUT2D eigenvalue weighted by Gasteiger charge is -2.25. The molecule has 0 saturated carbocycles. The molecule has 0 saturated heterocycles. The van der Waals surface area contributed by atoms with Gasteiger partial charge in [-0.2, -0.15) is 0 Å². The monoisotopic (exact) mass is 463 g/mol. The lowest BCUT2D eigenvalue weighted by molar-refractivity contribution is 0.0971. The number of nitrogens with zero attached hydrogens (tertiary/aromatic N) is 1. The summed E-state index contributed by atoms with van der Waals surface area (Å²) in [4.78, 5) is 28.4. The molecular weight excluding hydrogens is 449 g/mol. The fourth-order valence-corrected chi connectivity index (χ4v) is 4.33. The number of hydrogen-bond donors (Lipinski definition) is 0. The average Bonchev–Trinajstić information content (AvgIpc) is 3.02. The highest BCUT2D eigenvalue weighted by molar-refractivity contribution is 9.10. The number of halogens is 2. The van der Waals surface area contributed by atoms with Crippen LogP contribution in [0.2, 0.25) is 0 Å². The highest BCUT2D eigenvalue weighted by atomic mass is 79.9. The predicted octanol–water partition coefficient (Wildman–Crippen LogP) is 5.75. The van der Waals surface area contributed by atoms with E-state index in [0.717, 1.165) is 21.7 Å². The van der Waals surface area contributed by atoms with Crippen LogP contribution in [0.1, 0.15) is 33.3 Å². The summed E-state index contributed by atoms with van der Waals surface area (Å²) in [5, 5.41) is 0.118. The number of hydrogen-bond acceptors (Lipinski definition) is 3. The molecule has 2 heterocycles. The molecule has 30 heavy (non-hydrogen) atoms. The SMILES string of the molecule is Cc1ccc(N2C(=O)c3oc4ccc(F)cc4c(=O)c3C2c2cccc(Br)c2)cc1. The van der Waals surface area contributed by atoms with Gasteiger partial charge < -0.3 is 4.42 Å². The van der Waals surface area contributed by atoms with Gasteiger partial charge in [-0.25, -0.2) is 4.39 Å². The standard InChI is InChI=1S/C24H15BrFNO3/c1-13-5-8-17(9-6-13)27-21(14-3-2-4-15(25)11-14)20-22(28)18-12-16(26)7-10-19(18)30-23(20)24(27)29/h2-12,21H,1H3. The molecule has 5 rings (SSSR count). The molecule has 0 fully saturated rings. The fraction of sp³-hybridized carbons (Fsp3) is 0.0833. The van der Waals surface area contributed by atoms with Gasteiger partial charge in [-0.1, -0.05) is 45.8 Å². The molecule has 4 nitrogen and oxygen atoms in total. The van der Waals surface area contributed by atoms with Crippen LogP contribution < -0.4 is 10.3 Å². The number of rotatable bonds is 2. The van der Waals surface area contributed by atoms with E-state index in [1.165, 1.54) is 12.1 Å². The summed E-state index contributed by atoms with van der Waals surface area (Å²) in [6.07, 6.45) is 0. The molecule has 1 aliphatic rings. The maximum atomic E-state index is 13.8. The van der Waals surface area contributed by atoms with Crippen molar-refractivity contribution in [3.8, 4) is 0 Å². The van der Waals surface area contributed by atoms with Crippen molar-refractivity contribution < 1.29 is 13.6 Å². The Morgan fingerprint density at radius 2 is 1.77 bits per heavy atom. The first-order valence-electron chi connectivity index (χ1n) is 9.36. The Morgan fingerprint density at radius 3 is 2.50 bits per heavy atom. The third-order valence-corrected chi connectivity index (χ3v) is 5.80. The van der Waals surface area contributed by atoms with E-state index < -0.39 is 23.2 Å². The summed E-state index contributed by atoms with van der Waals surface area (Å²) in [6.45, 7) is 1.96. The molecule has 0 bridgehead atoms. The fourth-order valence-electron chi connectivity index (χ4n) is 3.91. The highest BCUT2D eigenvalue weighted by Gasteiger charge is 2.43. The first-order valence-corrected chi connectivity index (χ1v) is 10.2. The molecule has 0 spiro atoms. The average molecular weight is 464 g/mol. The molecule has 0 N–H and O–H groups in total. The minimum absolute atomic E-state index is 0.00958. The second-order valence-corrected chi connectivity index (χ2v) is 8.20. The summed E-state index contributed by atoms with van der Waals surface area (Å²) in [7, 11) is 0. The van der Waals surface area contributed by atoms with Crippen LogP contribution in [0.4, 0.5) is 10.1 Å². The molecule has 3 aromatic carbocycles. The minimum atomic E-state index is -0.684. The summed E-state index contributed by atoms with van der Waals surface area (Å²) in [5.74, 6) is -0.944. The zero-order chi connectivity index (χ0) is 21.0. The molecule has 148 valence electrons. The summed E-state index contributed by atoms with van der Waals surface area (Å²) in [6, 6.07) is 18.0. The zero-order valence-electron chi connectivity index (χ0n) is 15.9. The van der Waals surface area contributed by atoms with Crippen molar-refractivity contribution in [2.75, 3.05) is 4.90 Å². The van der Waals surface area contributed by atoms with Gasteiger partial charge in [-0.05, 0) is 55.0 Å². The van der Waals surface area contributed by atoms with E-state index in [1.807, 2.05) is 55.5 Å². The third-order valence-electron chi connectivity index (χ3n) is 5.31. The summed E-state index contributed by atoms with van der Waals surface area (Å²) in [5.41, 5.74) is 2.46. The van der Waals surface area contributed by atoms with Gasteiger partial charge in [0, 0.05) is 10.2 Å². The molecule has 1 aliphatic heterocycles.